The molecule has 1 rings (SSSR count). The molecular formula is C15H22BrNO. The Morgan fingerprint density at radius 2 is 1.83 bits per heavy atom. The van der Waals surface area contributed by atoms with Crippen LogP contribution in [0.1, 0.15) is 33.3 Å². The third-order valence-electron chi connectivity index (χ3n) is 3.24. The minimum Gasteiger partial charge on any atom is -0.354 e. The van der Waals surface area contributed by atoms with Crippen molar-refractivity contribution < 1.29 is 4.79 Å². The fourth-order valence-electron chi connectivity index (χ4n) is 1.63. The van der Waals surface area contributed by atoms with Gasteiger partial charge in [-0.1, -0.05) is 60.1 Å². The third-order valence-corrected chi connectivity index (χ3v) is 4.63. The molecule has 0 radical (unpaired) electrons. The zero-order valence-corrected chi connectivity index (χ0v) is 13.1. The van der Waals surface area contributed by atoms with E-state index in [2.05, 4.69) is 35.1 Å². The predicted octanol–water partition coefficient (Wildman–Crippen LogP) is 3.50. The molecule has 1 amide bonds. The predicted molar refractivity (Wildman–Crippen MR) is 80.0 cm³/mol. The molecule has 0 fully saturated rings. The van der Waals surface area contributed by atoms with Crippen molar-refractivity contribution in [2.75, 3.05) is 6.54 Å². The van der Waals surface area contributed by atoms with Gasteiger partial charge in [-0.25, -0.2) is 0 Å². The average molecular weight is 312 g/mol. The summed E-state index contributed by atoms with van der Waals surface area (Å²) in [6, 6.07) is 9.88. The maximum Gasteiger partial charge on any atom is 0.230 e. The first-order valence-corrected chi connectivity index (χ1v) is 7.25. The van der Waals surface area contributed by atoms with Crippen LogP contribution in [0.4, 0.5) is 0 Å². The van der Waals surface area contributed by atoms with E-state index in [0.717, 1.165) is 5.56 Å². The lowest BCUT2D eigenvalue weighted by molar-refractivity contribution is -0.125. The van der Waals surface area contributed by atoms with Gasteiger partial charge in [0.2, 0.25) is 5.91 Å². The van der Waals surface area contributed by atoms with Crippen molar-refractivity contribution in [2.45, 2.75) is 37.9 Å². The van der Waals surface area contributed by atoms with E-state index >= 15 is 0 Å². The molecule has 1 N–H and O–H groups in total. The van der Waals surface area contributed by atoms with Gasteiger partial charge in [0, 0.05) is 11.4 Å². The standard InChI is InChI=1S/C15H22BrNO/c1-11(2)13(16)10-17-14(18)15(3,4)12-8-6-5-7-9-12/h5-9,11,13H,10H2,1-4H3,(H,17,18). The lowest BCUT2D eigenvalue weighted by Gasteiger charge is -2.25. The van der Waals surface area contributed by atoms with Crippen LogP contribution in [-0.4, -0.2) is 17.3 Å². The maximum atomic E-state index is 12.3. The highest BCUT2D eigenvalue weighted by Gasteiger charge is 2.29. The Morgan fingerprint density at radius 1 is 1.28 bits per heavy atom. The van der Waals surface area contributed by atoms with Crippen LogP contribution in [0.5, 0.6) is 0 Å². The van der Waals surface area contributed by atoms with Crippen LogP contribution in [0, 0.1) is 5.92 Å². The lowest BCUT2D eigenvalue weighted by Crippen LogP contribution is -2.42. The Bertz CT molecular complexity index is 387. The summed E-state index contributed by atoms with van der Waals surface area (Å²) in [5.41, 5.74) is 0.545. The molecule has 0 bridgehead atoms. The van der Waals surface area contributed by atoms with Gasteiger partial charge in [-0.3, -0.25) is 4.79 Å². The van der Waals surface area contributed by atoms with Crippen LogP contribution in [0.15, 0.2) is 30.3 Å². The van der Waals surface area contributed by atoms with E-state index in [0.29, 0.717) is 17.3 Å². The number of amides is 1. The van der Waals surface area contributed by atoms with Crippen LogP contribution >= 0.6 is 15.9 Å². The van der Waals surface area contributed by atoms with Crippen molar-refractivity contribution in [3.05, 3.63) is 35.9 Å². The maximum absolute atomic E-state index is 12.3. The number of rotatable bonds is 5. The van der Waals surface area contributed by atoms with E-state index in [4.69, 9.17) is 0 Å². The number of carbonyl (C=O) groups excluding carboxylic acids is 1. The molecule has 0 saturated heterocycles. The second-order valence-corrected chi connectivity index (χ2v) is 6.64. The highest BCUT2D eigenvalue weighted by Crippen LogP contribution is 2.23. The fraction of sp³-hybridized carbons (Fsp3) is 0.533. The minimum atomic E-state index is -0.495. The van der Waals surface area contributed by atoms with Crippen molar-refractivity contribution in [2.24, 2.45) is 5.92 Å². The van der Waals surface area contributed by atoms with Crippen molar-refractivity contribution in [3.8, 4) is 0 Å². The summed E-state index contributed by atoms with van der Waals surface area (Å²) >= 11 is 3.58. The van der Waals surface area contributed by atoms with E-state index in [9.17, 15) is 4.79 Å². The molecule has 0 saturated carbocycles. The summed E-state index contributed by atoms with van der Waals surface area (Å²) in [5, 5.41) is 3.02. The number of hydrogen-bond acceptors (Lipinski definition) is 1. The summed E-state index contributed by atoms with van der Waals surface area (Å²) in [4.78, 5) is 12.6. The van der Waals surface area contributed by atoms with E-state index in [1.165, 1.54) is 0 Å². The molecule has 2 nitrogen and oxygen atoms in total. The fourth-order valence-corrected chi connectivity index (χ4v) is 1.79. The summed E-state index contributed by atoms with van der Waals surface area (Å²) in [6.45, 7) is 8.83. The summed E-state index contributed by atoms with van der Waals surface area (Å²) in [7, 11) is 0. The topological polar surface area (TPSA) is 29.1 Å². The molecule has 1 aromatic carbocycles. The minimum absolute atomic E-state index is 0.0683. The van der Waals surface area contributed by atoms with Gasteiger partial charge >= 0.3 is 0 Å². The summed E-state index contributed by atoms with van der Waals surface area (Å²) in [6.07, 6.45) is 0. The van der Waals surface area contributed by atoms with Crippen molar-refractivity contribution >= 4 is 21.8 Å². The monoisotopic (exact) mass is 311 g/mol. The van der Waals surface area contributed by atoms with Crippen molar-refractivity contribution in [1.82, 2.24) is 5.32 Å². The molecule has 0 spiro atoms. The first-order chi connectivity index (χ1) is 8.35. The molecule has 0 aliphatic carbocycles. The zero-order valence-electron chi connectivity index (χ0n) is 11.5. The quantitative estimate of drug-likeness (QED) is 0.829. The smallest absolute Gasteiger partial charge is 0.230 e. The Balaban J connectivity index is 2.66. The molecular weight excluding hydrogens is 290 g/mol. The number of benzene rings is 1. The van der Waals surface area contributed by atoms with Crippen LogP contribution < -0.4 is 5.32 Å². The van der Waals surface area contributed by atoms with E-state index in [-0.39, 0.29) is 5.91 Å². The molecule has 1 atom stereocenters. The summed E-state index contributed by atoms with van der Waals surface area (Å²) in [5.74, 6) is 0.573. The second-order valence-electron chi connectivity index (χ2n) is 5.46. The van der Waals surface area contributed by atoms with Gasteiger partial charge in [0.05, 0.1) is 5.41 Å². The molecule has 1 unspecified atom stereocenters. The highest BCUT2D eigenvalue weighted by molar-refractivity contribution is 9.09. The highest BCUT2D eigenvalue weighted by atomic mass is 79.9. The Morgan fingerprint density at radius 3 is 2.33 bits per heavy atom. The van der Waals surface area contributed by atoms with Crippen LogP contribution in [0.3, 0.4) is 0 Å². The Labute approximate surface area is 118 Å². The largest absolute Gasteiger partial charge is 0.354 e. The van der Waals surface area contributed by atoms with Crippen LogP contribution in [0.25, 0.3) is 0 Å². The Kier molecular flexibility index (Phi) is 5.39. The van der Waals surface area contributed by atoms with Crippen molar-refractivity contribution in [3.63, 3.8) is 0 Å². The molecule has 1 aromatic rings. The summed E-state index contributed by atoms with van der Waals surface area (Å²) < 4.78 is 0. The van der Waals surface area contributed by atoms with Gasteiger partial charge in [0.25, 0.3) is 0 Å². The van der Waals surface area contributed by atoms with Crippen LogP contribution in [-0.2, 0) is 10.2 Å². The van der Waals surface area contributed by atoms with Crippen molar-refractivity contribution in [1.29, 1.82) is 0 Å². The molecule has 18 heavy (non-hydrogen) atoms. The zero-order chi connectivity index (χ0) is 13.8. The average Bonchev–Trinajstić information content (AvgIpc) is 2.36. The number of nitrogens with one attached hydrogen (secondary N) is 1. The van der Waals surface area contributed by atoms with Crippen LogP contribution in [0.2, 0.25) is 0 Å². The second kappa shape index (κ2) is 6.37. The number of hydrogen-bond donors (Lipinski definition) is 1. The molecule has 0 aliphatic rings. The Hall–Kier alpha value is -0.830. The van der Waals surface area contributed by atoms with Gasteiger partial charge in [0.15, 0.2) is 0 Å². The van der Waals surface area contributed by atoms with Gasteiger partial charge in [-0.05, 0) is 25.3 Å². The van der Waals surface area contributed by atoms with Gasteiger partial charge < -0.3 is 5.32 Å². The van der Waals surface area contributed by atoms with Gasteiger partial charge in [0.1, 0.15) is 0 Å². The molecule has 3 heteroatoms. The number of halogens is 1. The van der Waals surface area contributed by atoms with E-state index in [1.54, 1.807) is 0 Å². The molecule has 100 valence electrons. The first-order valence-electron chi connectivity index (χ1n) is 6.33. The normalized spacial score (nSPS) is 13.4. The molecule has 0 aliphatic heterocycles. The number of carbonyl (C=O) groups is 1. The van der Waals surface area contributed by atoms with Gasteiger partial charge in [-0.2, -0.15) is 0 Å². The van der Waals surface area contributed by atoms with E-state index in [1.807, 2.05) is 44.2 Å². The molecule has 0 aromatic heterocycles. The lowest BCUT2D eigenvalue weighted by atomic mass is 9.84. The SMILES string of the molecule is CC(C)C(Br)CNC(=O)C(C)(C)c1ccccc1. The number of alkyl halides is 1. The molecule has 0 heterocycles. The first kappa shape index (κ1) is 15.2. The van der Waals surface area contributed by atoms with Gasteiger partial charge in [-0.15, -0.1) is 0 Å². The van der Waals surface area contributed by atoms with E-state index < -0.39 is 5.41 Å². The third kappa shape index (κ3) is 3.84.